The zero-order valence-electron chi connectivity index (χ0n) is 14.6. The zero-order chi connectivity index (χ0) is 18.6. The summed E-state index contributed by atoms with van der Waals surface area (Å²) in [7, 11) is 0. The van der Waals surface area contributed by atoms with E-state index in [-0.39, 0.29) is 25.5 Å². The molecule has 26 heavy (non-hydrogen) atoms. The Hall–Kier alpha value is -1.32. The zero-order valence-corrected chi connectivity index (χ0v) is 14.6. The van der Waals surface area contributed by atoms with E-state index >= 15 is 0 Å². The molecule has 1 atom stereocenters. The molecule has 0 saturated carbocycles. The lowest BCUT2D eigenvalue weighted by Crippen LogP contribution is -2.53. The number of halogens is 2. The van der Waals surface area contributed by atoms with E-state index in [1.54, 1.807) is 0 Å². The van der Waals surface area contributed by atoms with Crippen LogP contribution in [-0.4, -0.2) is 79.0 Å². The van der Waals surface area contributed by atoms with Gasteiger partial charge in [0, 0.05) is 63.9 Å². The average molecular weight is 373 g/mol. The highest BCUT2D eigenvalue weighted by Gasteiger charge is 2.38. The van der Waals surface area contributed by atoms with Crippen molar-refractivity contribution in [1.82, 2.24) is 4.90 Å². The standard InChI is InChI=1S/C18H25F2NO5/c19-14-7-15(20)9-16(8-14)26-13-18(23)11-21(3-6-25-12-18)10-17(22)1-4-24-5-2-17/h7-9,22-23H,1-6,10-13H2. The largest absolute Gasteiger partial charge is 0.490 e. The van der Waals surface area contributed by atoms with Crippen molar-refractivity contribution in [1.29, 1.82) is 0 Å². The van der Waals surface area contributed by atoms with Gasteiger partial charge in [-0.15, -0.1) is 0 Å². The number of rotatable bonds is 5. The number of hydrogen-bond acceptors (Lipinski definition) is 6. The molecule has 2 saturated heterocycles. The van der Waals surface area contributed by atoms with Crippen LogP contribution in [0.25, 0.3) is 0 Å². The van der Waals surface area contributed by atoms with Crippen LogP contribution in [0.5, 0.6) is 5.75 Å². The predicted molar refractivity (Wildman–Crippen MR) is 89.1 cm³/mol. The molecule has 8 heteroatoms. The summed E-state index contributed by atoms with van der Waals surface area (Å²) in [6.45, 7) is 2.52. The van der Waals surface area contributed by atoms with Crippen molar-refractivity contribution in [2.45, 2.75) is 24.0 Å². The molecule has 1 aromatic rings. The van der Waals surface area contributed by atoms with Crippen molar-refractivity contribution in [3.63, 3.8) is 0 Å². The SMILES string of the molecule is OC1(CN2CCOCC(O)(COc3cc(F)cc(F)c3)C2)CCOCC1. The number of ether oxygens (including phenoxy) is 3. The van der Waals surface area contributed by atoms with Gasteiger partial charge in [-0.1, -0.05) is 0 Å². The Kier molecular flexibility index (Phi) is 6.09. The Morgan fingerprint density at radius 3 is 2.38 bits per heavy atom. The third-order valence-corrected chi connectivity index (χ3v) is 4.73. The summed E-state index contributed by atoms with van der Waals surface area (Å²) in [6.07, 6.45) is 1.09. The maximum absolute atomic E-state index is 13.3. The first kappa shape index (κ1) is 19.4. The molecule has 1 aromatic carbocycles. The summed E-state index contributed by atoms with van der Waals surface area (Å²) < 4.78 is 42.7. The summed E-state index contributed by atoms with van der Waals surface area (Å²) in [6, 6.07) is 2.88. The van der Waals surface area contributed by atoms with Gasteiger partial charge in [0.15, 0.2) is 0 Å². The monoisotopic (exact) mass is 373 g/mol. The van der Waals surface area contributed by atoms with Gasteiger partial charge in [0.05, 0.1) is 18.8 Å². The molecule has 3 rings (SSSR count). The van der Waals surface area contributed by atoms with E-state index in [4.69, 9.17) is 14.2 Å². The van der Waals surface area contributed by atoms with Crippen LogP contribution in [0.1, 0.15) is 12.8 Å². The second kappa shape index (κ2) is 8.14. The predicted octanol–water partition coefficient (Wildman–Crippen LogP) is 0.948. The van der Waals surface area contributed by atoms with Gasteiger partial charge < -0.3 is 24.4 Å². The normalized spacial score (nSPS) is 27.1. The molecule has 2 aliphatic rings. The van der Waals surface area contributed by atoms with Gasteiger partial charge in [-0.3, -0.25) is 4.90 Å². The van der Waals surface area contributed by atoms with Crippen LogP contribution < -0.4 is 4.74 Å². The minimum Gasteiger partial charge on any atom is -0.490 e. The number of β-amino-alcohol motifs (C(OH)–C–C–N with tert-alkyl or cyclic N) is 2. The van der Waals surface area contributed by atoms with Crippen LogP contribution in [0, 0.1) is 11.6 Å². The van der Waals surface area contributed by atoms with Gasteiger partial charge >= 0.3 is 0 Å². The van der Waals surface area contributed by atoms with Gasteiger partial charge in [0.25, 0.3) is 0 Å². The molecule has 2 aliphatic heterocycles. The number of nitrogens with zero attached hydrogens (tertiary/aromatic N) is 1. The van der Waals surface area contributed by atoms with Crippen molar-refractivity contribution >= 4 is 0 Å². The fourth-order valence-corrected chi connectivity index (χ4v) is 3.37. The van der Waals surface area contributed by atoms with Crippen LogP contribution in [0.3, 0.4) is 0 Å². The summed E-state index contributed by atoms with van der Waals surface area (Å²) in [5.74, 6) is -1.48. The third kappa shape index (κ3) is 5.34. The van der Waals surface area contributed by atoms with E-state index in [9.17, 15) is 19.0 Å². The number of aliphatic hydroxyl groups is 2. The molecule has 2 heterocycles. The highest BCUT2D eigenvalue weighted by Crippen LogP contribution is 2.24. The van der Waals surface area contributed by atoms with Crippen LogP contribution in [-0.2, 0) is 9.47 Å². The maximum Gasteiger partial charge on any atom is 0.134 e. The van der Waals surface area contributed by atoms with Crippen LogP contribution in [0.15, 0.2) is 18.2 Å². The molecule has 0 bridgehead atoms. The summed E-state index contributed by atoms with van der Waals surface area (Å²) >= 11 is 0. The quantitative estimate of drug-likeness (QED) is 0.801. The Morgan fingerprint density at radius 2 is 1.69 bits per heavy atom. The van der Waals surface area contributed by atoms with E-state index in [1.807, 2.05) is 4.90 Å². The van der Waals surface area contributed by atoms with Gasteiger partial charge in [-0.2, -0.15) is 0 Å². The lowest BCUT2D eigenvalue weighted by atomic mass is 9.93. The molecule has 2 N–H and O–H groups in total. The second-order valence-electron chi connectivity index (χ2n) is 7.22. The molecule has 2 fully saturated rings. The van der Waals surface area contributed by atoms with Gasteiger partial charge in [-0.25, -0.2) is 8.78 Å². The number of benzene rings is 1. The molecule has 146 valence electrons. The molecule has 0 radical (unpaired) electrons. The van der Waals surface area contributed by atoms with E-state index in [0.29, 0.717) is 45.8 Å². The van der Waals surface area contributed by atoms with Crippen molar-refractivity contribution in [2.75, 3.05) is 52.7 Å². The first-order chi connectivity index (χ1) is 12.4. The fraction of sp³-hybridized carbons (Fsp3) is 0.667. The van der Waals surface area contributed by atoms with E-state index < -0.39 is 22.8 Å². The maximum atomic E-state index is 13.3. The Labute approximate surface area is 151 Å². The molecule has 0 aromatic heterocycles. The van der Waals surface area contributed by atoms with E-state index in [0.717, 1.165) is 18.2 Å². The molecule has 0 amide bonds. The van der Waals surface area contributed by atoms with Crippen LogP contribution in [0.4, 0.5) is 8.78 Å². The van der Waals surface area contributed by atoms with Gasteiger partial charge in [-0.05, 0) is 0 Å². The highest BCUT2D eigenvalue weighted by atomic mass is 19.1. The lowest BCUT2D eigenvalue weighted by molar-refractivity contribution is -0.0948. The summed E-state index contributed by atoms with van der Waals surface area (Å²) in [5.41, 5.74) is -2.20. The van der Waals surface area contributed by atoms with Gasteiger partial charge in [0.2, 0.25) is 0 Å². The fourth-order valence-electron chi connectivity index (χ4n) is 3.37. The first-order valence-corrected chi connectivity index (χ1v) is 8.77. The topological polar surface area (TPSA) is 71.4 Å². The second-order valence-corrected chi connectivity index (χ2v) is 7.22. The van der Waals surface area contributed by atoms with E-state index in [2.05, 4.69) is 0 Å². The van der Waals surface area contributed by atoms with Crippen LogP contribution in [0.2, 0.25) is 0 Å². The molecule has 1 unspecified atom stereocenters. The number of hydrogen-bond donors (Lipinski definition) is 2. The summed E-state index contributed by atoms with van der Waals surface area (Å²) in [5, 5.41) is 21.5. The van der Waals surface area contributed by atoms with Gasteiger partial charge in [0.1, 0.15) is 29.6 Å². The van der Waals surface area contributed by atoms with E-state index in [1.165, 1.54) is 0 Å². The minimum atomic E-state index is -1.35. The molecule has 6 nitrogen and oxygen atoms in total. The van der Waals surface area contributed by atoms with Crippen molar-refractivity contribution in [3.05, 3.63) is 29.8 Å². The van der Waals surface area contributed by atoms with Crippen LogP contribution >= 0.6 is 0 Å². The molecule has 0 spiro atoms. The molecular weight excluding hydrogens is 348 g/mol. The Balaban J connectivity index is 1.61. The van der Waals surface area contributed by atoms with Crippen molar-refractivity contribution < 1.29 is 33.2 Å². The smallest absolute Gasteiger partial charge is 0.134 e. The van der Waals surface area contributed by atoms with Crippen molar-refractivity contribution in [2.24, 2.45) is 0 Å². The summed E-state index contributed by atoms with van der Waals surface area (Å²) in [4.78, 5) is 1.94. The Morgan fingerprint density at radius 1 is 1.00 bits per heavy atom. The lowest BCUT2D eigenvalue weighted by Gasteiger charge is -2.38. The Bertz CT molecular complexity index is 591. The van der Waals surface area contributed by atoms with Crippen molar-refractivity contribution in [3.8, 4) is 5.75 Å². The first-order valence-electron chi connectivity index (χ1n) is 8.77. The molecular formula is C18H25F2NO5. The minimum absolute atomic E-state index is 0.00906. The highest BCUT2D eigenvalue weighted by molar-refractivity contribution is 5.24. The third-order valence-electron chi connectivity index (χ3n) is 4.73. The molecule has 0 aliphatic carbocycles. The average Bonchev–Trinajstić information content (AvgIpc) is 2.74.